The van der Waals surface area contributed by atoms with Crippen molar-refractivity contribution in [2.75, 3.05) is 44.3 Å². The largest absolute Gasteiger partial charge is 0.486 e. The van der Waals surface area contributed by atoms with Crippen LogP contribution < -0.4 is 14.4 Å². The predicted molar refractivity (Wildman–Crippen MR) is 99.7 cm³/mol. The number of anilines is 1. The Morgan fingerprint density at radius 1 is 0.920 bits per heavy atom. The maximum absolute atomic E-state index is 12.9. The summed E-state index contributed by atoms with van der Waals surface area (Å²) in [5.74, 6) is 1.35. The van der Waals surface area contributed by atoms with E-state index in [2.05, 4.69) is 33.0 Å². The standard InChI is InChI=1S/C19H19BrN2O3/c20-16-13-18-17(24-10-11-25-18)12-15(16)19(23)22-8-6-21(7-9-22)14-4-2-1-3-5-14/h1-5,12-13H,6-11H2. The van der Waals surface area contributed by atoms with E-state index in [9.17, 15) is 4.79 Å². The quantitative estimate of drug-likeness (QED) is 0.773. The Morgan fingerprint density at radius 3 is 2.24 bits per heavy atom. The Hall–Kier alpha value is -2.21. The number of nitrogens with zero attached hydrogens (tertiary/aromatic N) is 2. The third-order valence-electron chi connectivity index (χ3n) is 4.55. The number of fused-ring (bicyclic) bond motifs is 1. The summed E-state index contributed by atoms with van der Waals surface area (Å²) in [6.45, 7) is 4.12. The molecule has 2 aliphatic heterocycles. The molecule has 0 radical (unpaired) electrons. The van der Waals surface area contributed by atoms with Crippen LogP contribution in [0.15, 0.2) is 46.9 Å². The summed E-state index contributed by atoms with van der Waals surface area (Å²) < 4.78 is 11.9. The monoisotopic (exact) mass is 402 g/mol. The lowest BCUT2D eigenvalue weighted by molar-refractivity contribution is 0.0744. The molecule has 2 aromatic carbocycles. The number of piperazine rings is 1. The smallest absolute Gasteiger partial charge is 0.255 e. The van der Waals surface area contributed by atoms with Crippen LogP contribution >= 0.6 is 15.9 Å². The number of ether oxygens (including phenoxy) is 2. The fourth-order valence-electron chi connectivity index (χ4n) is 3.20. The maximum Gasteiger partial charge on any atom is 0.255 e. The molecule has 0 bridgehead atoms. The summed E-state index contributed by atoms with van der Waals surface area (Å²) in [6, 6.07) is 13.9. The highest BCUT2D eigenvalue weighted by Crippen LogP contribution is 2.36. The SMILES string of the molecule is O=C(c1cc2c(cc1Br)OCCO2)N1CCN(c2ccccc2)CC1. The van der Waals surface area contributed by atoms with Crippen LogP contribution in [0.2, 0.25) is 0 Å². The second-order valence-corrected chi connectivity index (χ2v) is 6.94. The van der Waals surface area contributed by atoms with Crippen molar-refractivity contribution in [3.63, 3.8) is 0 Å². The van der Waals surface area contributed by atoms with Gasteiger partial charge in [0.1, 0.15) is 13.2 Å². The molecule has 2 aromatic rings. The Morgan fingerprint density at radius 2 is 1.56 bits per heavy atom. The van der Waals surface area contributed by atoms with E-state index in [0.29, 0.717) is 43.4 Å². The first-order valence-corrected chi connectivity index (χ1v) is 9.20. The topological polar surface area (TPSA) is 42.0 Å². The lowest BCUT2D eigenvalue weighted by Crippen LogP contribution is -2.48. The van der Waals surface area contributed by atoms with Crippen LogP contribution in [-0.4, -0.2) is 50.2 Å². The molecule has 0 atom stereocenters. The second-order valence-electron chi connectivity index (χ2n) is 6.09. The van der Waals surface area contributed by atoms with Crippen molar-refractivity contribution >= 4 is 27.5 Å². The zero-order valence-corrected chi connectivity index (χ0v) is 15.4. The number of carbonyl (C=O) groups excluding carboxylic acids is 1. The van der Waals surface area contributed by atoms with Crippen molar-refractivity contribution in [1.82, 2.24) is 4.90 Å². The molecular weight excluding hydrogens is 384 g/mol. The van der Waals surface area contributed by atoms with E-state index in [4.69, 9.17) is 9.47 Å². The Bertz CT molecular complexity index is 774. The number of halogens is 1. The lowest BCUT2D eigenvalue weighted by atomic mass is 10.1. The van der Waals surface area contributed by atoms with Gasteiger partial charge in [-0.25, -0.2) is 0 Å². The maximum atomic E-state index is 12.9. The summed E-state index contributed by atoms with van der Waals surface area (Å²) >= 11 is 3.50. The van der Waals surface area contributed by atoms with E-state index in [1.54, 1.807) is 6.07 Å². The van der Waals surface area contributed by atoms with E-state index in [0.717, 1.165) is 17.6 Å². The first-order valence-electron chi connectivity index (χ1n) is 8.41. The fraction of sp³-hybridized carbons (Fsp3) is 0.316. The zero-order chi connectivity index (χ0) is 17.2. The van der Waals surface area contributed by atoms with E-state index in [1.807, 2.05) is 29.2 Å². The molecule has 5 nitrogen and oxygen atoms in total. The molecule has 1 amide bonds. The van der Waals surface area contributed by atoms with E-state index in [-0.39, 0.29) is 5.91 Å². The second kappa shape index (κ2) is 6.96. The van der Waals surface area contributed by atoms with Crippen molar-refractivity contribution < 1.29 is 14.3 Å². The van der Waals surface area contributed by atoms with Crippen molar-refractivity contribution in [2.45, 2.75) is 0 Å². The van der Waals surface area contributed by atoms with Crippen LogP contribution in [0.1, 0.15) is 10.4 Å². The van der Waals surface area contributed by atoms with Gasteiger partial charge in [-0.2, -0.15) is 0 Å². The number of carbonyl (C=O) groups is 1. The number of benzene rings is 2. The minimum Gasteiger partial charge on any atom is -0.486 e. The molecule has 0 N–H and O–H groups in total. The zero-order valence-electron chi connectivity index (χ0n) is 13.8. The van der Waals surface area contributed by atoms with Gasteiger partial charge in [-0.3, -0.25) is 4.79 Å². The molecule has 25 heavy (non-hydrogen) atoms. The van der Waals surface area contributed by atoms with Crippen molar-refractivity contribution in [2.24, 2.45) is 0 Å². The first-order chi connectivity index (χ1) is 12.2. The molecule has 6 heteroatoms. The normalized spacial score (nSPS) is 16.7. The van der Waals surface area contributed by atoms with Gasteiger partial charge in [-0.1, -0.05) is 18.2 Å². The molecule has 0 aromatic heterocycles. The van der Waals surface area contributed by atoms with Crippen LogP contribution in [0.25, 0.3) is 0 Å². The molecular formula is C19H19BrN2O3. The van der Waals surface area contributed by atoms with Crippen LogP contribution in [-0.2, 0) is 0 Å². The van der Waals surface area contributed by atoms with Gasteiger partial charge in [0.15, 0.2) is 11.5 Å². The van der Waals surface area contributed by atoms with Crippen LogP contribution in [0.3, 0.4) is 0 Å². The van der Waals surface area contributed by atoms with E-state index >= 15 is 0 Å². The highest BCUT2D eigenvalue weighted by Gasteiger charge is 2.25. The van der Waals surface area contributed by atoms with E-state index in [1.165, 1.54) is 5.69 Å². The molecule has 1 fully saturated rings. The number of hydrogen-bond donors (Lipinski definition) is 0. The summed E-state index contributed by atoms with van der Waals surface area (Å²) in [7, 11) is 0. The minimum absolute atomic E-state index is 0.0246. The van der Waals surface area contributed by atoms with Crippen molar-refractivity contribution in [3.05, 3.63) is 52.5 Å². The average Bonchev–Trinajstić information content (AvgIpc) is 2.68. The Kier molecular flexibility index (Phi) is 4.53. The molecule has 0 spiro atoms. The summed E-state index contributed by atoms with van der Waals surface area (Å²) in [5.41, 5.74) is 1.83. The van der Waals surface area contributed by atoms with Crippen LogP contribution in [0.5, 0.6) is 11.5 Å². The van der Waals surface area contributed by atoms with Gasteiger partial charge < -0.3 is 19.3 Å². The van der Waals surface area contributed by atoms with Gasteiger partial charge in [0, 0.05) is 36.3 Å². The Labute approximate surface area is 155 Å². The molecule has 2 aliphatic rings. The van der Waals surface area contributed by atoms with Crippen LogP contribution in [0, 0.1) is 0 Å². The van der Waals surface area contributed by atoms with Gasteiger partial charge in [-0.15, -0.1) is 0 Å². The number of hydrogen-bond acceptors (Lipinski definition) is 4. The fourth-order valence-corrected chi connectivity index (χ4v) is 3.70. The van der Waals surface area contributed by atoms with Gasteiger partial charge in [0.2, 0.25) is 0 Å². The molecule has 0 saturated carbocycles. The molecule has 0 unspecified atom stereocenters. The number of rotatable bonds is 2. The molecule has 1 saturated heterocycles. The molecule has 4 rings (SSSR count). The van der Waals surface area contributed by atoms with Crippen molar-refractivity contribution in [3.8, 4) is 11.5 Å². The average molecular weight is 403 g/mol. The molecule has 2 heterocycles. The summed E-state index contributed by atoms with van der Waals surface area (Å²) in [4.78, 5) is 17.1. The van der Waals surface area contributed by atoms with E-state index < -0.39 is 0 Å². The highest BCUT2D eigenvalue weighted by molar-refractivity contribution is 9.10. The summed E-state index contributed by atoms with van der Waals surface area (Å²) in [6.07, 6.45) is 0. The lowest BCUT2D eigenvalue weighted by Gasteiger charge is -2.36. The number of amides is 1. The number of para-hydroxylation sites is 1. The van der Waals surface area contributed by atoms with Gasteiger partial charge in [0.25, 0.3) is 5.91 Å². The predicted octanol–water partition coefficient (Wildman–Crippen LogP) is 3.18. The molecule has 0 aliphatic carbocycles. The van der Waals surface area contributed by atoms with Gasteiger partial charge in [-0.05, 0) is 40.2 Å². The first kappa shape index (κ1) is 16.3. The third kappa shape index (κ3) is 3.31. The van der Waals surface area contributed by atoms with Gasteiger partial charge in [0.05, 0.1) is 5.56 Å². The highest BCUT2D eigenvalue weighted by atomic mass is 79.9. The third-order valence-corrected chi connectivity index (χ3v) is 5.21. The van der Waals surface area contributed by atoms with Gasteiger partial charge >= 0.3 is 0 Å². The Balaban J connectivity index is 1.47. The van der Waals surface area contributed by atoms with Crippen LogP contribution in [0.4, 0.5) is 5.69 Å². The van der Waals surface area contributed by atoms with Crippen molar-refractivity contribution in [1.29, 1.82) is 0 Å². The summed E-state index contributed by atoms with van der Waals surface area (Å²) in [5, 5.41) is 0. The minimum atomic E-state index is 0.0246. The molecule has 130 valence electrons.